The number of ether oxygens (including phenoxy) is 1. The third kappa shape index (κ3) is 4.94. The number of nitrogens with one attached hydrogen (secondary N) is 1. The number of nitrogen functional groups attached to an aromatic ring is 1. The van der Waals surface area contributed by atoms with Crippen molar-refractivity contribution in [1.82, 2.24) is 0 Å². The van der Waals surface area contributed by atoms with Gasteiger partial charge in [-0.2, -0.15) is 0 Å². The van der Waals surface area contributed by atoms with E-state index in [-0.39, 0.29) is 23.7 Å². The van der Waals surface area contributed by atoms with Gasteiger partial charge in [0.25, 0.3) is 0 Å². The maximum Gasteiger partial charge on any atom is 0.237 e. The number of methoxy groups -OCH3 is 1. The van der Waals surface area contributed by atoms with Gasteiger partial charge in [-0.25, -0.2) is 0 Å². The molecule has 0 aliphatic heterocycles. The topological polar surface area (TPSA) is 84.6 Å². The smallest absolute Gasteiger partial charge is 0.237 e. The van der Waals surface area contributed by atoms with Crippen molar-refractivity contribution >= 4 is 29.0 Å². The molecule has 0 heterocycles. The first-order valence-corrected chi connectivity index (χ1v) is 7.49. The number of hydrogen-bond acceptors (Lipinski definition) is 5. The van der Waals surface area contributed by atoms with Crippen LogP contribution in [-0.4, -0.2) is 35.7 Å². The van der Waals surface area contributed by atoms with Crippen molar-refractivity contribution in [3.8, 4) is 5.75 Å². The minimum atomic E-state index is -0.203. The van der Waals surface area contributed by atoms with Gasteiger partial charge in [0.15, 0.2) is 0 Å². The fourth-order valence-electron chi connectivity index (χ4n) is 1.48. The highest BCUT2D eigenvalue weighted by Crippen LogP contribution is 2.27. The Morgan fingerprint density at radius 2 is 2.20 bits per heavy atom. The van der Waals surface area contributed by atoms with Crippen molar-refractivity contribution in [3.63, 3.8) is 0 Å². The predicted octanol–water partition coefficient (Wildman–Crippen LogP) is 1.97. The van der Waals surface area contributed by atoms with Crippen LogP contribution in [0.25, 0.3) is 0 Å². The van der Waals surface area contributed by atoms with Crippen LogP contribution in [0.3, 0.4) is 0 Å². The summed E-state index contributed by atoms with van der Waals surface area (Å²) in [5.74, 6) is 1.37. The highest BCUT2D eigenvalue weighted by Gasteiger charge is 2.16. The van der Waals surface area contributed by atoms with E-state index in [0.717, 1.165) is 5.75 Å². The molecule has 2 atom stereocenters. The zero-order valence-corrected chi connectivity index (χ0v) is 12.9. The molecule has 0 aliphatic rings. The van der Waals surface area contributed by atoms with Crippen LogP contribution in [0.4, 0.5) is 11.4 Å². The van der Waals surface area contributed by atoms with Crippen LogP contribution in [0.15, 0.2) is 18.2 Å². The molecule has 2 unspecified atom stereocenters. The SMILES string of the molecule is COc1cc(N)ccc1NC(=O)C(C)SCC(C)CO. The summed E-state index contributed by atoms with van der Waals surface area (Å²) in [4.78, 5) is 12.1. The number of aliphatic hydroxyl groups excluding tert-OH is 1. The van der Waals surface area contributed by atoms with Gasteiger partial charge in [0, 0.05) is 18.4 Å². The molecule has 112 valence electrons. The number of carbonyl (C=O) groups excluding carboxylic acids is 1. The summed E-state index contributed by atoms with van der Waals surface area (Å²) < 4.78 is 5.19. The van der Waals surface area contributed by atoms with Crippen LogP contribution < -0.4 is 15.8 Å². The zero-order valence-electron chi connectivity index (χ0n) is 12.1. The molecular weight excluding hydrogens is 276 g/mol. The van der Waals surface area contributed by atoms with Crippen LogP contribution in [-0.2, 0) is 4.79 Å². The number of amides is 1. The summed E-state index contributed by atoms with van der Waals surface area (Å²) >= 11 is 1.52. The first kappa shape index (κ1) is 16.7. The van der Waals surface area contributed by atoms with Gasteiger partial charge in [0.05, 0.1) is 18.0 Å². The molecule has 0 saturated heterocycles. The lowest BCUT2D eigenvalue weighted by Gasteiger charge is -2.15. The number of carbonyl (C=O) groups is 1. The Hall–Kier alpha value is -1.40. The molecular formula is C14H22N2O3S. The Bertz CT molecular complexity index is 454. The summed E-state index contributed by atoms with van der Waals surface area (Å²) in [6.45, 7) is 3.92. The average Bonchev–Trinajstić information content (AvgIpc) is 2.45. The second-order valence-electron chi connectivity index (χ2n) is 4.71. The van der Waals surface area contributed by atoms with Crippen LogP contribution in [0.2, 0.25) is 0 Å². The number of aliphatic hydroxyl groups is 1. The number of rotatable bonds is 7. The molecule has 0 spiro atoms. The molecule has 5 nitrogen and oxygen atoms in total. The lowest BCUT2D eigenvalue weighted by molar-refractivity contribution is -0.115. The van der Waals surface area contributed by atoms with Crippen LogP contribution >= 0.6 is 11.8 Å². The van der Waals surface area contributed by atoms with Crippen LogP contribution in [0, 0.1) is 5.92 Å². The van der Waals surface area contributed by atoms with Crippen molar-refractivity contribution < 1.29 is 14.6 Å². The monoisotopic (exact) mass is 298 g/mol. The van der Waals surface area contributed by atoms with Crippen molar-refractivity contribution in [2.75, 3.05) is 30.5 Å². The largest absolute Gasteiger partial charge is 0.494 e. The first-order valence-electron chi connectivity index (χ1n) is 6.44. The van der Waals surface area contributed by atoms with E-state index in [0.29, 0.717) is 17.1 Å². The fourth-order valence-corrected chi connectivity index (χ4v) is 2.42. The summed E-state index contributed by atoms with van der Waals surface area (Å²) in [6.07, 6.45) is 0. The average molecular weight is 298 g/mol. The number of hydrogen-bond donors (Lipinski definition) is 3. The molecule has 20 heavy (non-hydrogen) atoms. The maximum atomic E-state index is 12.1. The van der Waals surface area contributed by atoms with E-state index >= 15 is 0 Å². The molecule has 0 saturated carbocycles. The summed E-state index contributed by atoms with van der Waals surface area (Å²) in [6, 6.07) is 5.10. The van der Waals surface area contributed by atoms with Gasteiger partial charge in [-0.1, -0.05) is 6.92 Å². The van der Waals surface area contributed by atoms with E-state index < -0.39 is 0 Å². The number of nitrogens with two attached hydrogens (primary N) is 1. The van der Waals surface area contributed by atoms with Gasteiger partial charge < -0.3 is 20.9 Å². The van der Waals surface area contributed by atoms with E-state index in [4.69, 9.17) is 15.6 Å². The summed E-state index contributed by atoms with van der Waals surface area (Å²) in [5.41, 5.74) is 6.86. The number of anilines is 2. The van der Waals surface area contributed by atoms with Crippen molar-refractivity contribution in [3.05, 3.63) is 18.2 Å². The predicted molar refractivity (Wildman–Crippen MR) is 84.2 cm³/mol. The van der Waals surface area contributed by atoms with Gasteiger partial charge in [-0.15, -0.1) is 11.8 Å². The highest BCUT2D eigenvalue weighted by atomic mass is 32.2. The van der Waals surface area contributed by atoms with Gasteiger partial charge in [0.1, 0.15) is 5.75 Å². The second kappa shape index (κ2) is 8.01. The molecule has 1 rings (SSSR count). The maximum absolute atomic E-state index is 12.1. The Kier molecular flexibility index (Phi) is 6.67. The number of benzene rings is 1. The van der Waals surface area contributed by atoms with Gasteiger partial charge >= 0.3 is 0 Å². The molecule has 6 heteroatoms. The molecule has 0 bridgehead atoms. The van der Waals surface area contributed by atoms with Crippen LogP contribution in [0.5, 0.6) is 5.75 Å². The normalized spacial score (nSPS) is 13.6. The lowest BCUT2D eigenvalue weighted by atomic mass is 10.2. The Morgan fingerprint density at radius 1 is 1.50 bits per heavy atom. The van der Waals surface area contributed by atoms with E-state index in [1.54, 1.807) is 18.2 Å². The van der Waals surface area contributed by atoms with Crippen molar-refractivity contribution in [2.24, 2.45) is 5.92 Å². The Balaban J connectivity index is 2.61. The van der Waals surface area contributed by atoms with E-state index in [2.05, 4.69) is 5.32 Å². The van der Waals surface area contributed by atoms with E-state index in [1.165, 1.54) is 18.9 Å². The molecule has 0 radical (unpaired) electrons. The molecule has 0 fully saturated rings. The van der Waals surface area contributed by atoms with E-state index in [9.17, 15) is 4.79 Å². The zero-order chi connectivity index (χ0) is 15.1. The lowest BCUT2D eigenvalue weighted by Crippen LogP contribution is -2.24. The Morgan fingerprint density at radius 3 is 2.80 bits per heavy atom. The van der Waals surface area contributed by atoms with Crippen LogP contribution in [0.1, 0.15) is 13.8 Å². The third-order valence-corrected chi connectivity index (χ3v) is 4.27. The number of thioether (sulfide) groups is 1. The van der Waals surface area contributed by atoms with Crippen molar-refractivity contribution in [1.29, 1.82) is 0 Å². The molecule has 0 aliphatic carbocycles. The molecule has 1 aromatic carbocycles. The second-order valence-corrected chi connectivity index (χ2v) is 6.09. The summed E-state index contributed by atoms with van der Waals surface area (Å²) in [5, 5.41) is 11.6. The fraction of sp³-hybridized carbons (Fsp3) is 0.500. The van der Waals surface area contributed by atoms with Crippen molar-refractivity contribution in [2.45, 2.75) is 19.1 Å². The summed E-state index contributed by atoms with van der Waals surface area (Å²) in [7, 11) is 1.53. The highest BCUT2D eigenvalue weighted by molar-refractivity contribution is 8.00. The molecule has 1 amide bonds. The first-order chi connectivity index (χ1) is 9.47. The third-order valence-electron chi connectivity index (χ3n) is 2.80. The minimum Gasteiger partial charge on any atom is -0.494 e. The molecule has 4 N–H and O–H groups in total. The standard InChI is InChI=1S/C14H22N2O3S/c1-9(7-17)8-20-10(2)14(18)16-12-5-4-11(15)6-13(12)19-3/h4-6,9-10,17H,7-8,15H2,1-3H3,(H,16,18). The Labute approximate surface area is 123 Å². The quantitative estimate of drug-likeness (QED) is 0.670. The van der Waals surface area contributed by atoms with Gasteiger partial charge in [-0.3, -0.25) is 4.79 Å². The molecule has 0 aromatic heterocycles. The van der Waals surface area contributed by atoms with E-state index in [1.807, 2.05) is 13.8 Å². The van der Waals surface area contributed by atoms with Gasteiger partial charge in [-0.05, 0) is 30.7 Å². The molecule has 1 aromatic rings. The minimum absolute atomic E-state index is 0.0942. The van der Waals surface area contributed by atoms with Gasteiger partial charge in [0.2, 0.25) is 5.91 Å².